The monoisotopic (exact) mass is 418 g/mol. The van der Waals surface area contributed by atoms with Gasteiger partial charge in [0.1, 0.15) is 30.3 Å². The van der Waals surface area contributed by atoms with Crippen LogP contribution in [0.1, 0.15) is 23.0 Å². The van der Waals surface area contributed by atoms with Crippen LogP contribution < -0.4 is 9.47 Å². The quantitative estimate of drug-likeness (QED) is 0.392. The van der Waals surface area contributed by atoms with E-state index in [0.717, 1.165) is 21.2 Å². The molecule has 0 atom stereocenters. The molecule has 0 amide bonds. The van der Waals surface area contributed by atoms with Crippen LogP contribution in [-0.4, -0.2) is 25.8 Å². The van der Waals surface area contributed by atoms with Gasteiger partial charge < -0.3 is 18.6 Å². The number of fused-ring (bicyclic) bond motifs is 1. The molecule has 0 spiro atoms. The zero-order chi connectivity index (χ0) is 18.5. The average Bonchev–Trinajstić information content (AvgIpc) is 2.96. The van der Waals surface area contributed by atoms with Crippen molar-refractivity contribution < 1.29 is 23.4 Å². The highest BCUT2D eigenvalue weighted by molar-refractivity contribution is 9.10. The van der Waals surface area contributed by atoms with Crippen LogP contribution in [0.25, 0.3) is 11.0 Å². The van der Waals surface area contributed by atoms with Gasteiger partial charge in [0, 0.05) is 15.4 Å². The molecule has 6 heteroatoms. The molecule has 0 saturated heterocycles. The van der Waals surface area contributed by atoms with Crippen LogP contribution in [0.3, 0.4) is 0 Å². The van der Waals surface area contributed by atoms with Gasteiger partial charge in [-0.25, -0.2) is 4.79 Å². The summed E-state index contributed by atoms with van der Waals surface area (Å²) in [6.45, 7) is 4.78. The van der Waals surface area contributed by atoms with E-state index in [9.17, 15) is 4.79 Å². The first-order chi connectivity index (χ1) is 12.6. The van der Waals surface area contributed by atoms with Crippen molar-refractivity contribution >= 4 is 32.9 Å². The highest BCUT2D eigenvalue weighted by Gasteiger charge is 2.19. The van der Waals surface area contributed by atoms with Gasteiger partial charge in [0.05, 0.1) is 6.61 Å². The minimum Gasteiger partial charge on any atom is -0.494 e. The number of furan rings is 1. The predicted octanol–water partition coefficient (Wildman–Crippen LogP) is 5.14. The molecule has 26 heavy (non-hydrogen) atoms. The third kappa shape index (κ3) is 4.19. The van der Waals surface area contributed by atoms with E-state index < -0.39 is 5.97 Å². The molecular weight excluding hydrogens is 400 g/mol. The standard InChI is InChI=1S/C20H19BrO5/c1-3-23-15-5-7-16(8-6-15)24-10-11-25-20(22)19-13(2)17-12-14(21)4-9-18(17)26-19/h4-9,12H,3,10-11H2,1-2H3. The van der Waals surface area contributed by atoms with E-state index in [4.69, 9.17) is 18.6 Å². The molecular formula is C20H19BrO5. The number of ether oxygens (including phenoxy) is 3. The third-order valence-corrected chi connectivity index (χ3v) is 4.30. The lowest BCUT2D eigenvalue weighted by atomic mass is 10.1. The molecule has 1 aromatic heterocycles. The van der Waals surface area contributed by atoms with Crippen molar-refractivity contribution in [3.8, 4) is 11.5 Å². The van der Waals surface area contributed by atoms with Crippen LogP contribution in [-0.2, 0) is 4.74 Å². The molecule has 0 aliphatic carbocycles. The van der Waals surface area contributed by atoms with Gasteiger partial charge in [0.2, 0.25) is 5.76 Å². The molecule has 0 radical (unpaired) electrons. The zero-order valence-electron chi connectivity index (χ0n) is 14.6. The van der Waals surface area contributed by atoms with Crippen molar-refractivity contribution in [2.45, 2.75) is 13.8 Å². The van der Waals surface area contributed by atoms with Gasteiger partial charge in [0.15, 0.2) is 0 Å². The van der Waals surface area contributed by atoms with Gasteiger partial charge in [0.25, 0.3) is 0 Å². The number of hydrogen-bond donors (Lipinski definition) is 0. The molecule has 2 aromatic carbocycles. The smallest absolute Gasteiger partial charge is 0.374 e. The van der Waals surface area contributed by atoms with Gasteiger partial charge in [-0.3, -0.25) is 0 Å². The summed E-state index contributed by atoms with van der Waals surface area (Å²) >= 11 is 3.42. The van der Waals surface area contributed by atoms with Crippen molar-refractivity contribution in [3.63, 3.8) is 0 Å². The summed E-state index contributed by atoms with van der Waals surface area (Å²) in [6, 6.07) is 12.9. The molecule has 0 fully saturated rings. The Bertz CT molecular complexity index is 898. The zero-order valence-corrected chi connectivity index (χ0v) is 16.2. The van der Waals surface area contributed by atoms with Gasteiger partial charge in [-0.2, -0.15) is 0 Å². The molecule has 0 aliphatic heterocycles. The topological polar surface area (TPSA) is 57.9 Å². The maximum absolute atomic E-state index is 12.2. The van der Waals surface area contributed by atoms with E-state index in [1.807, 2.05) is 56.3 Å². The second-order valence-corrected chi connectivity index (χ2v) is 6.50. The van der Waals surface area contributed by atoms with Gasteiger partial charge in [-0.15, -0.1) is 0 Å². The first-order valence-corrected chi connectivity index (χ1v) is 9.09. The van der Waals surface area contributed by atoms with E-state index >= 15 is 0 Å². The van der Waals surface area contributed by atoms with Gasteiger partial charge in [-0.1, -0.05) is 15.9 Å². The number of carbonyl (C=O) groups is 1. The van der Waals surface area contributed by atoms with Crippen LogP contribution >= 0.6 is 15.9 Å². The molecule has 0 aliphatic rings. The third-order valence-electron chi connectivity index (χ3n) is 3.80. The summed E-state index contributed by atoms with van der Waals surface area (Å²) in [5.74, 6) is 1.21. The Morgan fingerprint density at radius 1 is 1.04 bits per heavy atom. The van der Waals surface area contributed by atoms with Crippen LogP contribution in [0.4, 0.5) is 0 Å². The van der Waals surface area contributed by atoms with E-state index in [1.165, 1.54) is 0 Å². The first-order valence-electron chi connectivity index (χ1n) is 8.30. The minimum absolute atomic E-state index is 0.131. The maximum Gasteiger partial charge on any atom is 0.374 e. The molecule has 3 rings (SSSR count). The summed E-state index contributed by atoms with van der Waals surface area (Å²) in [7, 11) is 0. The van der Waals surface area contributed by atoms with Gasteiger partial charge >= 0.3 is 5.97 Å². The lowest BCUT2D eigenvalue weighted by Crippen LogP contribution is -2.12. The number of carbonyl (C=O) groups excluding carboxylic acids is 1. The number of hydrogen-bond acceptors (Lipinski definition) is 5. The summed E-state index contributed by atoms with van der Waals surface area (Å²) in [5, 5.41) is 0.886. The van der Waals surface area contributed by atoms with Crippen molar-refractivity contribution in [3.05, 3.63) is 58.3 Å². The molecule has 136 valence electrons. The second-order valence-electron chi connectivity index (χ2n) is 5.59. The molecule has 5 nitrogen and oxygen atoms in total. The second kappa shape index (κ2) is 8.27. The Balaban J connectivity index is 1.53. The van der Waals surface area contributed by atoms with Crippen molar-refractivity contribution in [2.75, 3.05) is 19.8 Å². The lowest BCUT2D eigenvalue weighted by molar-refractivity contribution is 0.0416. The molecule has 0 bridgehead atoms. The average molecular weight is 419 g/mol. The number of esters is 1. The predicted molar refractivity (Wildman–Crippen MR) is 102 cm³/mol. The van der Waals surface area contributed by atoms with E-state index in [-0.39, 0.29) is 19.0 Å². The highest BCUT2D eigenvalue weighted by Crippen LogP contribution is 2.28. The van der Waals surface area contributed by atoms with Crippen LogP contribution in [0.15, 0.2) is 51.4 Å². The Labute approximate surface area is 160 Å². The number of aryl methyl sites for hydroxylation is 1. The molecule has 0 N–H and O–H groups in total. The fraction of sp³-hybridized carbons (Fsp3) is 0.250. The maximum atomic E-state index is 12.2. The van der Waals surface area contributed by atoms with Crippen LogP contribution in [0.5, 0.6) is 11.5 Å². The van der Waals surface area contributed by atoms with E-state index in [1.54, 1.807) is 0 Å². The summed E-state index contributed by atoms with van der Waals surface area (Å²) in [4.78, 5) is 12.2. The fourth-order valence-corrected chi connectivity index (χ4v) is 2.91. The van der Waals surface area contributed by atoms with Crippen LogP contribution in [0, 0.1) is 6.92 Å². The Morgan fingerprint density at radius 3 is 2.42 bits per heavy atom. The van der Waals surface area contributed by atoms with Crippen molar-refractivity contribution in [1.29, 1.82) is 0 Å². The highest BCUT2D eigenvalue weighted by atomic mass is 79.9. The largest absolute Gasteiger partial charge is 0.494 e. The van der Waals surface area contributed by atoms with Crippen LogP contribution in [0.2, 0.25) is 0 Å². The lowest BCUT2D eigenvalue weighted by Gasteiger charge is -2.08. The molecule has 0 saturated carbocycles. The Hall–Kier alpha value is -2.47. The van der Waals surface area contributed by atoms with E-state index in [2.05, 4.69) is 15.9 Å². The number of rotatable bonds is 7. The summed E-state index contributed by atoms with van der Waals surface area (Å²) in [5.41, 5.74) is 1.42. The van der Waals surface area contributed by atoms with Gasteiger partial charge in [-0.05, 0) is 56.3 Å². The molecule has 3 aromatic rings. The fourth-order valence-electron chi connectivity index (χ4n) is 2.55. The number of halogens is 1. The first kappa shape index (κ1) is 18.3. The summed E-state index contributed by atoms with van der Waals surface area (Å²) in [6.07, 6.45) is 0. The minimum atomic E-state index is -0.495. The summed E-state index contributed by atoms with van der Waals surface area (Å²) < 4.78 is 22.7. The Morgan fingerprint density at radius 2 is 1.73 bits per heavy atom. The molecule has 0 unspecified atom stereocenters. The normalized spacial score (nSPS) is 10.7. The van der Waals surface area contributed by atoms with Crippen molar-refractivity contribution in [2.24, 2.45) is 0 Å². The molecule has 1 heterocycles. The van der Waals surface area contributed by atoms with E-state index in [0.29, 0.717) is 17.9 Å². The van der Waals surface area contributed by atoms with Crippen molar-refractivity contribution in [1.82, 2.24) is 0 Å². The number of benzene rings is 2. The Kier molecular flexibility index (Phi) is 5.83. The SMILES string of the molecule is CCOc1ccc(OCCOC(=O)c2oc3ccc(Br)cc3c2C)cc1.